The van der Waals surface area contributed by atoms with Gasteiger partial charge in [-0.15, -0.1) is 0 Å². The third-order valence-electron chi connectivity index (χ3n) is 6.15. The Morgan fingerprint density at radius 2 is 1.97 bits per heavy atom. The van der Waals surface area contributed by atoms with Crippen LogP contribution in [0, 0.1) is 6.92 Å². The second kappa shape index (κ2) is 9.73. The van der Waals surface area contributed by atoms with E-state index in [-0.39, 0.29) is 30.4 Å². The first-order chi connectivity index (χ1) is 15.4. The van der Waals surface area contributed by atoms with Crippen LogP contribution in [0.15, 0.2) is 24.4 Å². The lowest BCUT2D eigenvalue weighted by molar-refractivity contribution is -0.138. The standard InChI is InChI=1S/C24H31N5O3/c1-16(2)32-15-22(31)28-12-9-18(10-13-28)23-26-17(3)20-7-8-21(30)29(24(20)27-23)14-19-6-4-5-11-25-19/h4-6,11,16,18H,7-10,12-15H2,1-3H3. The number of ether oxygens (including phenoxy) is 1. The van der Waals surface area contributed by atoms with Crippen LogP contribution in [0.4, 0.5) is 5.82 Å². The maximum absolute atomic E-state index is 12.8. The molecule has 2 amide bonds. The smallest absolute Gasteiger partial charge is 0.248 e. The van der Waals surface area contributed by atoms with Gasteiger partial charge < -0.3 is 9.64 Å². The molecule has 0 aliphatic carbocycles. The summed E-state index contributed by atoms with van der Waals surface area (Å²) in [5.74, 6) is 1.76. The molecule has 170 valence electrons. The van der Waals surface area contributed by atoms with Crippen LogP contribution in [0.3, 0.4) is 0 Å². The van der Waals surface area contributed by atoms with Crippen LogP contribution in [0.25, 0.3) is 0 Å². The number of aromatic nitrogens is 3. The molecule has 0 aromatic carbocycles. The fraction of sp³-hybridized carbons (Fsp3) is 0.542. The van der Waals surface area contributed by atoms with Crippen LogP contribution in [0.5, 0.6) is 0 Å². The third-order valence-corrected chi connectivity index (χ3v) is 6.15. The fourth-order valence-corrected chi connectivity index (χ4v) is 4.32. The second-order valence-electron chi connectivity index (χ2n) is 8.79. The zero-order valence-corrected chi connectivity index (χ0v) is 19.1. The highest BCUT2D eigenvalue weighted by molar-refractivity contribution is 5.95. The molecule has 0 bridgehead atoms. The Labute approximate surface area is 189 Å². The molecule has 0 atom stereocenters. The molecule has 2 aliphatic heterocycles. The lowest BCUT2D eigenvalue weighted by Crippen LogP contribution is -2.41. The van der Waals surface area contributed by atoms with Gasteiger partial charge in [0.05, 0.1) is 18.3 Å². The number of likely N-dealkylation sites (tertiary alicyclic amines) is 1. The van der Waals surface area contributed by atoms with Gasteiger partial charge in [-0.05, 0) is 52.2 Å². The third kappa shape index (κ3) is 4.96. The van der Waals surface area contributed by atoms with Crippen molar-refractivity contribution in [2.45, 2.75) is 65.0 Å². The van der Waals surface area contributed by atoms with Crippen molar-refractivity contribution in [3.05, 3.63) is 47.2 Å². The lowest BCUT2D eigenvalue weighted by atomic mass is 9.95. The average molecular weight is 438 g/mol. The van der Waals surface area contributed by atoms with Gasteiger partial charge in [-0.25, -0.2) is 9.97 Å². The molecule has 32 heavy (non-hydrogen) atoms. The number of hydrogen-bond donors (Lipinski definition) is 0. The molecule has 0 saturated carbocycles. The first kappa shape index (κ1) is 22.3. The minimum absolute atomic E-state index is 0.0341. The van der Waals surface area contributed by atoms with Crippen molar-refractivity contribution in [2.75, 3.05) is 24.6 Å². The van der Waals surface area contributed by atoms with Crippen molar-refractivity contribution >= 4 is 17.6 Å². The number of carbonyl (C=O) groups excluding carboxylic acids is 2. The largest absolute Gasteiger partial charge is 0.369 e. The van der Waals surface area contributed by atoms with Gasteiger partial charge in [0, 0.05) is 42.9 Å². The molecule has 1 fully saturated rings. The molecule has 0 N–H and O–H groups in total. The zero-order valence-electron chi connectivity index (χ0n) is 19.1. The Bertz CT molecular complexity index is 971. The highest BCUT2D eigenvalue weighted by Gasteiger charge is 2.31. The van der Waals surface area contributed by atoms with Crippen molar-refractivity contribution in [1.29, 1.82) is 0 Å². The maximum Gasteiger partial charge on any atom is 0.248 e. The predicted molar refractivity (Wildman–Crippen MR) is 120 cm³/mol. The van der Waals surface area contributed by atoms with E-state index in [0.717, 1.165) is 41.4 Å². The summed E-state index contributed by atoms with van der Waals surface area (Å²) in [4.78, 5) is 42.8. The van der Waals surface area contributed by atoms with E-state index < -0.39 is 0 Å². The van der Waals surface area contributed by atoms with Gasteiger partial charge >= 0.3 is 0 Å². The summed E-state index contributed by atoms with van der Waals surface area (Å²) < 4.78 is 5.46. The Kier molecular flexibility index (Phi) is 6.79. The minimum atomic E-state index is 0.0341. The summed E-state index contributed by atoms with van der Waals surface area (Å²) in [6, 6.07) is 5.72. The first-order valence-electron chi connectivity index (χ1n) is 11.4. The molecular weight excluding hydrogens is 406 g/mol. The molecule has 8 heteroatoms. The van der Waals surface area contributed by atoms with Crippen LogP contribution in [0.2, 0.25) is 0 Å². The monoisotopic (exact) mass is 437 g/mol. The number of hydrogen-bond acceptors (Lipinski definition) is 6. The van der Waals surface area contributed by atoms with Crippen LogP contribution < -0.4 is 4.90 Å². The van der Waals surface area contributed by atoms with Gasteiger partial charge in [0.1, 0.15) is 18.2 Å². The van der Waals surface area contributed by atoms with Crippen LogP contribution >= 0.6 is 0 Å². The fourth-order valence-electron chi connectivity index (χ4n) is 4.32. The Morgan fingerprint density at radius 1 is 1.19 bits per heavy atom. The number of carbonyl (C=O) groups is 2. The van der Waals surface area contributed by atoms with Crippen LogP contribution in [0.1, 0.15) is 61.8 Å². The van der Waals surface area contributed by atoms with Gasteiger partial charge in [0.15, 0.2) is 0 Å². The average Bonchev–Trinajstić information content (AvgIpc) is 2.80. The molecule has 2 aliphatic rings. The van der Waals surface area contributed by atoms with E-state index in [1.54, 1.807) is 11.1 Å². The highest BCUT2D eigenvalue weighted by atomic mass is 16.5. The van der Waals surface area contributed by atoms with E-state index >= 15 is 0 Å². The number of pyridine rings is 1. The molecule has 0 radical (unpaired) electrons. The Hall–Kier alpha value is -2.87. The van der Waals surface area contributed by atoms with Gasteiger partial charge in [0.2, 0.25) is 11.8 Å². The number of fused-ring (bicyclic) bond motifs is 1. The molecule has 2 aromatic heterocycles. The number of rotatable bonds is 6. The van der Waals surface area contributed by atoms with E-state index in [9.17, 15) is 9.59 Å². The predicted octanol–water partition coefficient (Wildman–Crippen LogP) is 2.79. The highest BCUT2D eigenvalue weighted by Crippen LogP contribution is 2.33. The summed E-state index contributed by atoms with van der Waals surface area (Å²) in [7, 11) is 0. The summed E-state index contributed by atoms with van der Waals surface area (Å²) in [5.41, 5.74) is 2.82. The number of amides is 2. The molecule has 8 nitrogen and oxygen atoms in total. The summed E-state index contributed by atoms with van der Waals surface area (Å²) >= 11 is 0. The molecule has 4 heterocycles. The maximum atomic E-state index is 12.8. The Balaban J connectivity index is 1.50. The number of nitrogens with zero attached hydrogens (tertiary/aromatic N) is 5. The van der Waals surface area contributed by atoms with Gasteiger partial charge in [-0.3, -0.25) is 19.5 Å². The van der Waals surface area contributed by atoms with Crippen molar-refractivity contribution in [3.63, 3.8) is 0 Å². The molecule has 4 rings (SSSR count). The number of piperidine rings is 1. The van der Waals surface area contributed by atoms with Crippen LogP contribution in [-0.4, -0.2) is 57.5 Å². The van der Waals surface area contributed by atoms with Gasteiger partial charge in [-0.1, -0.05) is 6.07 Å². The van der Waals surface area contributed by atoms with Gasteiger partial charge in [0.25, 0.3) is 0 Å². The number of aryl methyl sites for hydroxylation is 1. The lowest BCUT2D eigenvalue weighted by Gasteiger charge is -2.33. The van der Waals surface area contributed by atoms with Crippen molar-refractivity contribution in [3.8, 4) is 0 Å². The summed E-state index contributed by atoms with van der Waals surface area (Å²) in [6.45, 7) is 7.73. The Morgan fingerprint density at radius 3 is 2.66 bits per heavy atom. The van der Waals surface area contributed by atoms with E-state index in [0.29, 0.717) is 32.5 Å². The molecule has 0 spiro atoms. The summed E-state index contributed by atoms with van der Waals surface area (Å²) in [6.07, 6.45) is 4.52. The van der Waals surface area contributed by atoms with E-state index in [4.69, 9.17) is 14.7 Å². The zero-order chi connectivity index (χ0) is 22.7. The van der Waals surface area contributed by atoms with Crippen molar-refractivity contribution in [1.82, 2.24) is 19.9 Å². The number of anilines is 1. The van der Waals surface area contributed by atoms with E-state index in [2.05, 4.69) is 4.98 Å². The summed E-state index contributed by atoms with van der Waals surface area (Å²) in [5, 5.41) is 0. The molecule has 1 saturated heterocycles. The van der Waals surface area contributed by atoms with Crippen LogP contribution in [-0.2, 0) is 27.3 Å². The molecular formula is C24H31N5O3. The molecule has 2 aromatic rings. The van der Waals surface area contributed by atoms with E-state index in [1.807, 2.05) is 43.9 Å². The first-order valence-corrected chi connectivity index (χ1v) is 11.4. The van der Waals surface area contributed by atoms with Gasteiger partial charge in [-0.2, -0.15) is 0 Å². The quantitative estimate of drug-likeness (QED) is 0.691. The molecule has 0 unspecified atom stereocenters. The van der Waals surface area contributed by atoms with E-state index in [1.165, 1.54) is 0 Å². The minimum Gasteiger partial charge on any atom is -0.369 e. The topological polar surface area (TPSA) is 88.5 Å². The normalized spacial score (nSPS) is 17.1. The second-order valence-corrected chi connectivity index (χ2v) is 8.79. The van der Waals surface area contributed by atoms with Crippen molar-refractivity contribution in [2.24, 2.45) is 0 Å². The SMILES string of the molecule is Cc1nc(C2CCN(C(=O)COC(C)C)CC2)nc2c1CCC(=O)N2Cc1ccccn1. The van der Waals surface area contributed by atoms with Crippen molar-refractivity contribution < 1.29 is 14.3 Å².